The highest BCUT2D eigenvalue weighted by atomic mass is 16.5. The molecule has 27 heavy (non-hydrogen) atoms. The molecule has 0 fully saturated rings. The van der Waals surface area contributed by atoms with Gasteiger partial charge in [0.25, 0.3) is 5.89 Å². The first kappa shape index (κ1) is 18.8. The second-order valence-electron chi connectivity index (χ2n) is 6.16. The van der Waals surface area contributed by atoms with Gasteiger partial charge in [0.15, 0.2) is 5.69 Å². The van der Waals surface area contributed by atoms with E-state index in [0.717, 1.165) is 24.3 Å². The molecule has 8 nitrogen and oxygen atoms in total. The van der Waals surface area contributed by atoms with Gasteiger partial charge in [0.2, 0.25) is 5.82 Å². The third-order valence-electron chi connectivity index (χ3n) is 3.74. The van der Waals surface area contributed by atoms with Gasteiger partial charge in [-0.2, -0.15) is 4.98 Å². The molecule has 1 aromatic carbocycles. The second-order valence-corrected chi connectivity index (χ2v) is 6.16. The number of anilines is 1. The van der Waals surface area contributed by atoms with Gasteiger partial charge in [-0.05, 0) is 56.7 Å². The standard InChI is InChI=1S/C19H23N5O3/c1-13(2)26-12-4-11-20-17-10-9-16(22-23-17)19-21-18(24-27-19)14-5-7-15(25-3)8-6-14/h5-10,13H,4,11-12H2,1-3H3,(H,20,23). The molecule has 3 aromatic rings. The van der Waals surface area contributed by atoms with E-state index >= 15 is 0 Å². The van der Waals surface area contributed by atoms with Crippen LogP contribution < -0.4 is 10.1 Å². The molecule has 1 N–H and O–H groups in total. The summed E-state index contributed by atoms with van der Waals surface area (Å²) in [4.78, 5) is 4.38. The van der Waals surface area contributed by atoms with Gasteiger partial charge >= 0.3 is 0 Å². The van der Waals surface area contributed by atoms with Crippen molar-refractivity contribution >= 4 is 5.82 Å². The summed E-state index contributed by atoms with van der Waals surface area (Å²) in [6.07, 6.45) is 1.15. The molecule has 0 aliphatic heterocycles. The minimum Gasteiger partial charge on any atom is -0.497 e. The first-order valence-corrected chi connectivity index (χ1v) is 8.83. The Balaban J connectivity index is 1.58. The maximum atomic E-state index is 5.50. The van der Waals surface area contributed by atoms with E-state index < -0.39 is 0 Å². The third kappa shape index (κ3) is 5.24. The molecule has 0 bridgehead atoms. The maximum absolute atomic E-state index is 5.50. The first-order chi connectivity index (χ1) is 13.2. The predicted molar refractivity (Wildman–Crippen MR) is 102 cm³/mol. The molecule has 0 spiro atoms. The number of hydrogen-bond donors (Lipinski definition) is 1. The maximum Gasteiger partial charge on any atom is 0.278 e. The molecule has 0 aliphatic rings. The third-order valence-corrected chi connectivity index (χ3v) is 3.74. The largest absolute Gasteiger partial charge is 0.497 e. The Morgan fingerprint density at radius 1 is 1.07 bits per heavy atom. The highest BCUT2D eigenvalue weighted by molar-refractivity contribution is 5.59. The number of methoxy groups -OCH3 is 1. The topological polar surface area (TPSA) is 95.2 Å². The van der Waals surface area contributed by atoms with Gasteiger partial charge < -0.3 is 19.3 Å². The smallest absolute Gasteiger partial charge is 0.278 e. The Kier molecular flexibility index (Phi) is 6.32. The van der Waals surface area contributed by atoms with Crippen molar-refractivity contribution < 1.29 is 14.0 Å². The van der Waals surface area contributed by atoms with Crippen molar-refractivity contribution in [2.24, 2.45) is 0 Å². The number of benzene rings is 1. The Bertz CT molecular complexity index is 831. The zero-order valence-electron chi connectivity index (χ0n) is 15.7. The zero-order valence-corrected chi connectivity index (χ0v) is 15.7. The first-order valence-electron chi connectivity index (χ1n) is 8.83. The number of rotatable bonds is 9. The van der Waals surface area contributed by atoms with Crippen LogP contribution in [0.4, 0.5) is 5.82 Å². The Labute approximate surface area is 157 Å². The van der Waals surface area contributed by atoms with Crippen molar-refractivity contribution in [2.45, 2.75) is 26.4 Å². The molecule has 2 aromatic heterocycles. The molecular weight excluding hydrogens is 346 g/mol. The molecule has 142 valence electrons. The summed E-state index contributed by atoms with van der Waals surface area (Å²) >= 11 is 0. The van der Waals surface area contributed by atoms with E-state index in [-0.39, 0.29) is 6.10 Å². The van der Waals surface area contributed by atoms with E-state index in [9.17, 15) is 0 Å². The number of nitrogens with zero attached hydrogens (tertiary/aromatic N) is 4. The number of aromatic nitrogens is 4. The van der Waals surface area contributed by atoms with Crippen LogP contribution in [0.3, 0.4) is 0 Å². The van der Waals surface area contributed by atoms with E-state index in [0.29, 0.717) is 29.8 Å². The van der Waals surface area contributed by atoms with Crippen LogP contribution >= 0.6 is 0 Å². The highest BCUT2D eigenvalue weighted by Crippen LogP contribution is 2.23. The SMILES string of the molecule is COc1ccc(-c2noc(-c3ccc(NCCCOC(C)C)nn3)n2)cc1. The molecule has 0 unspecified atom stereocenters. The Morgan fingerprint density at radius 3 is 2.56 bits per heavy atom. The van der Waals surface area contributed by atoms with Gasteiger partial charge in [-0.25, -0.2) is 0 Å². The van der Waals surface area contributed by atoms with E-state index in [4.69, 9.17) is 14.0 Å². The summed E-state index contributed by atoms with van der Waals surface area (Å²) in [5.41, 5.74) is 1.36. The van der Waals surface area contributed by atoms with Gasteiger partial charge in [-0.1, -0.05) is 5.16 Å². The lowest BCUT2D eigenvalue weighted by Gasteiger charge is -2.08. The van der Waals surface area contributed by atoms with Crippen molar-refractivity contribution in [3.8, 4) is 28.7 Å². The van der Waals surface area contributed by atoms with Crippen LogP contribution in [0, 0.1) is 0 Å². The van der Waals surface area contributed by atoms with E-state index in [1.54, 1.807) is 13.2 Å². The normalized spacial score (nSPS) is 11.0. The van der Waals surface area contributed by atoms with Crippen LogP contribution in [0.5, 0.6) is 5.75 Å². The predicted octanol–water partition coefficient (Wildman–Crippen LogP) is 3.43. The van der Waals surface area contributed by atoms with Crippen LogP contribution in [0.2, 0.25) is 0 Å². The summed E-state index contributed by atoms with van der Waals surface area (Å²) in [6, 6.07) is 11.1. The molecule has 0 atom stereocenters. The average molecular weight is 369 g/mol. The molecule has 0 amide bonds. The van der Waals surface area contributed by atoms with Crippen molar-refractivity contribution in [1.82, 2.24) is 20.3 Å². The summed E-state index contributed by atoms with van der Waals surface area (Å²) in [5.74, 6) is 2.28. The lowest BCUT2D eigenvalue weighted by Crippen LogP contribution is -2.10. The molecular formula is C19H23N5O3. The van der Waals surface area contributed by atoms with Gasteiger partial charge in [-0.3, -0.25) is 0 Å². The van der Waals surface area contributed by atoms with Crippen LogP contribution in [0.15, 0.2) is 40.9 Å². The van der Waals surface area contributed by atoms with Gasteiger partial charge in [0.1, 0.15) is 11.6 Å². The lowest BCUT2D eigenvalue weighted by molar-refractivity contribution is 0.0787. The van der Waals surface area contributed by atoms with Crippen LogP contribution in [0.1, 0.15) is 20.3 Å². The van der Waals surface area contributed by atoms with Crippen LogP contribution in [0.25, 0.3) is 23.0 Å². The zero-order chi connectivity index (χ0) is 19.1. The molecule has 0 aliphatic carbocycles. The lowest BCUT2D eigenvalue weighted by atomic mass is 10.2. The van der Waals surface area contributed by atoms with Crippen molar-refractivity contribution in [3.63, 3.8) is 0 Å². The quantitative estimate of drug-likeness (QED) is 0.573. The molecule has 0 saturated heterocycles. The minimum atomic E-state index is 0.251. The molecule has 0 radical (unpaired) electrons. The molecule has 8 heteroatoms. The Morgan fingerprint density at radius 2 is 1.89 bits per heavy atom. The summed E-state index contributed by atoms with van der Waals surface area (Å²) in [7, 11) is 1.62. The highest BCUT2D eigenvalue weighted by Gasteiger charge is 2.12. The van der Waals surface area contributed by atoms with Gasteiger partial charge in [-0.15, -0.1) is 10.2 Å². The van der Waals surface area contributed by atoms with E-state index in [1.807, 2.05) is 44.2 Å². The van der Waals surface area contributed by atoms with E-state index in [2.05, 4.69) is 25.7 Å². The number of hydrogen-bond acceptors (Lipinski definition) is 8. The van der Waals surface area contributed by atoms with Crippen LogP contribution in [-0.4, -0.2) is 46.7 Å². The summed E-state index contributed by atoms with van der Waals surface area (Å²) in [5, 5.41) is 15.5. The molecule has 3 rings (SSSR count). The fourth-order valence-electron chi connectivity index (χ4n) is 2.33. The number of nitrogens with one attached hydrogen (secondary N) is 1. The number of ether oxygens (including phenoxy) is 2. The van der Waals surface area contributed by atoms with Crippen molar-refractivity contribution in [3.05, 3.63) is 36.4 Å². The van der Waals surface area contributed by atoms with E-state index in [1.165, 1.54) is 0 Å². The minimum absolute atomic E-state index is 0.251. The summed E-state index contributed by atoms with van der Waals surface area (Å²) in [6.45, 7) is 5.53. The molecule has 0 saturated carbocycles. The van der Waals surface area contributed by atoms with Gasteiger partial charge in [0.05, 0.1) is 13.2 Å². The monoisotopic (exact) mass is 369 g/mol. The van der Waals surface area contributed by atoms with Gasteiger partial charge in [0, 0.05) is 18.7 Å². The fourth-order valence-corrected chi connectivity index (χ4v) is 2.33. The average Bonchev–Trinajstić information content (AvgIpc) is 3.18. The van der Waals surface area contributed by atoms with Crippen molar-refractivity contribution in [1.29, 1.82) is 0 Å². The fraction of sp³-hybridized carbons (Fsp3) is 0.368. The summed E-state index contributed by atoms with van der Waals surface area (Å²) < 4.78 is 16.0. The van der Waals surface area contributed by atoms with Crippen LogP contribution in [-0.2, 0) is 4.74 Å². The van der Waals surface area contributed by atoms with Crippen molar-refractivity contribution in [2.75, 3.05) is 25.6 Å². The Hall–Kier alpha value is -3.00. The molecule has 2 heterocycles. The second kappa shape index (κ2) is 9.09.